The van der Waals surface area contributed by atoms with Gasteiger partial charge in [0.05, 0.1) is 6.42 Å². The topological polar surface area (TPSA) is 95.7 Å². The Morgan fingerprint density at radius 3 is 2.56 bits per heavy atom. The first-order chi connectivity index (χ1) is 13.0. The number of benzene rings is 2. The standard InChI is InChI=1S/C21H25N3O3/c1-14-10-17(5-6-18(14)21(27)24-8-2-3-9-24)23-20(26)12-16-11-15(13-22)4-7-19(16)25/h4-7,10-11,25H,2-3,8-9,12-13,22H2,1H3,(H,23,26). The van der Waals surface area contributed by atoms with Crippen LogP contribution in [0.3, 0.4) is 0 Å². The molecule has 142 valence electrons. The first-order valence-corrected chi connectivity index (χ1v) is 9.18. The maximum Gasteiger partial charge on any atom is 0.254 e. The highest BCUT2D eigenvalue weighted by molar-refractivity contribution is 5.97. The number of hydrogen-bond acceptors (Lipinski definition) is 4. The molecule has 0 atom stereocenters. The molecule has 0 aliphatic carbocycles. The molecule has 4 N–H and O–H groups in total. The van der Waals surface area contributed by atoms with Crippen LogP contribution in [0.1, 0.15) is 39.9 Å². The van der Waals surface area contributed by atoms with Gasteiger partial charge in [0, 0.05) is 36.4 Å². The second-order valence-corrected chi connectivity index (χ2v) is 6.92. The van der Waals surface area contributed by atoms with Gasteiger partial charge in [-0.3, -0.25) is 9.59 Å². The minimum absolute atomic E-state index is 0.0476. The maximum atomic E-state index is 12.5. The Hall–Kier alpha value is -2.86. The molecule has 2 amide bonds. The number of carbonyl (C=O) groups is 2. The fourth-order valence-electron chi connectivity index (χ4n) is 3.36. The van der Waals surface area contributed by atoms with Gasteiger partial charge in [0.15, 0.2) is 0 Å². The summed E-state index contributed by atoms with van der Waals surface area (Å²) in [5, 5.41) is 12.8. The van der Waals surface area contributed by atoms with E-state index in [0.717, 1.165) is 37.1 Å². The van der Waals surface area contributed by atoms with E-state index in [0.29, 0.717) is 23.4 Å². The number of phenolic OH excluding ortho intramolecular Hbond substituents is 1. The van der Waals surface area contributed by atoms with Gasteiger partial charge >= 0.3 is 0 Å². The van der Waals surface area contributed by atoms with E-state index in [4.69, 9.17) is 5.73 Å². The molecule has 6 heteroatoms. The van der Waals surface area contributed by atoms with E-state index in [1.165, 1.54) is 0 Å². The van der Waals surface area contributed by atoms with Gasteiger partial charge in [-0.1, -0.05) is 12.1 Å². The minimum Gasteiger partial charge on any atom is -0.508 e. The molecule has 1 aliphatic rings. The van der Waals surface area contributed by atoms with Gasteiger partial charge in [-0.05, 0) is 55.2 Å². The summed E-state index contributed by atoms with van der Waals surface area (Å²) in [6, 6.07) is 10.3. The average Bonchev–Trinajstić information content (AvgIpc) is 3.18. The zero-order chi connectivity index (χ0) is 19.4. The lowest BCUT2D eigenvalue weighted by atomic mass is 10.1. The van der Waals surface area contributed by atoms with Crippen molar-refractivity contribution in [3.8, 4) is 5.75 Å². The minimum atomic E-state index is -0.238. The van der Waals surface area contributed by atoms with Crippen LogP contribution in [0.2, 0.25) is 0 Å². The van der Waals surface area contributed by atoms with Crippen molar-refractivity contribution < 1.29 is 14.7 Å². The van der Waals surface area contributed by atoms with Crippen molar-refractivity contribution in [2.24, 2.45) is 5.73 Å². The summed E-state index contributed by atoms with van der Waals surface area (Å²) in [5.41, 5.74) is 9.13. The number of amides is 2. The third-order valence-electron chi connectivity index (χ3n) is 4.86. The van der Waals surface area contributed by atoms with Gasteiger partial charge < -0.3 is 21.1 Å². The first-order valence-electron chi connectivity index (χ1n) is 9.18. The van der Waals surface area contributed by atoms with E-state index in [9.17, 15) is 14.7 Å². The van der Waals surface area contributed by atoms with Crippen LogP contribution in [0.4, 0.5) is 5.69 Å². The molecule has 1 fully saturated rings. The van der Waals surface area contributed by atoms with Crippen LogP contribution in [-0.4, -0.2) is 34.9 Å². The summed E-state index contributed by atoms with van der Waals surface area (Å²) in [7, 11) is 0. The fourth-order valence-corrected chi connectivity index (χ4v) is 3.36. The molecular formula is C21H25N3O3. The van der Waals surface area contributed by atoms with Crippen molar-refractivity contribution in [1.29, 1.82) is 0 Å². The number of aryl methyl sites for hydroxylation is 1. The van der Waals surface area contributed by atoms with Crippen molar-refractivity contribution in [3.63, 3.8) is 0 Å². The number of phenols is 1. The molecule has 0 aromatic heterocycles. The lowest BCUT2D eigenvalue weighted by Gasteiger charge is -2.17. The highest BCUT2D eigenvalue weighted by Gasteiger charge is 2.21. The fraction of sp³-hybridized carbons (Fsp3) is 0.333. The summed E-state index contributed by atoms with van der Waals surface area (Å²) >= 11 is 0. The van der Waals surface area contributed by atoms with Gasteiger partial charge in [0.1, 0.15) is 5.75 Å². The van der Waals surface area contributed by atoms with Gasteiger partial charge in [0.2, 0.25) is 5.91 Å². The largest absolute Gasteiger partial charge is 0.508 e. The van der Waals surface area contributed by atoms with Crippen LogP contribution in [-0.2, 0) is 17.8 Å². The van der Waals surface area contributed by atoms with E-state index in [2.05, 4.69) is 5.32 Å². The molecule has 27 heavy (non-hydrogen) atoms. The Bertz CT molecular complexity index is 858. The van der Waals surface area contributed by atoms with Crippen LogP contribution in [0.15, 0.2) is 36.4 Å². The Kier molecular flexibility index (Phi) is 5.76. The molecule has 2 aromatic rings. The van der Waals surface area contributed by atoms with Crippen molar-refractivity contribution >= 4 is 17.5 Å². The van der Waals surface area contributed by atoms with Crippen molar-refractivity contribution in [2.45, 2.75) is 32.7 Å². The number of hydrogen-bond donors (Lipinski definition) is 3. The molecule has 0 bridgehead atoms. The molecule has 0 radical (unpaired) electrons. The number of anilines is 1. The molecule has 0 unspecified atom stereocenters. The number of nitrogens with one attached hydrogen (secondary N) is 1. The highest BCUT2D eigenvalue weighted by Crippen LogP contribution is 2.22. The van der Waals surface area contributed by atoms with Crippen LogP contribution < -0.4 is 11.1 Å². The molecule has 1 saturated heterocycles. The predicted octanol–water partition coefficient (Wildman–Crippen LogP) is 2.58. The number of aromatic hydroxyl groups is 1. The molecule has 0 spiro atoms. The van der Waals surface area contributed by atoms with Crippen molar-refractivity contribution in [2.75, 3.05) is 18.4 Å². The van der Waals surface area contributed by atoms with Gasteiger partial charge in [-0.2, -0.15) is 0 Å². The van der Waals surface area contributed by atoms with E-state index in [1.807, 2.05) is 11.8 Å². The zero-order valence-corrected chi connectivity index (χ0v) is 15.5. The number of carbonyl (C=O) groups excluding carboxylic acids is 2. The van der Waals surface area contributed by atoms with Crippen LogP contribution in [0, 0.1) is 6.92 Å². The zero-order valence-electron chi connectivity index (χ0n) is 15.5. The summed E-state index contributed by atoms with van der Waals surface area (Å²) in [6.45, 7) is 3.83. The van der Waals surface area contributed by atoms with Crippen LogP contribution in [0.25, 0.3) is 0 Å². The first kappa shape index (κ1) is 18.9. The maximum absolute atomic E-state index is 12.5. The van der Waals surface area contributed by atoms with Crippen molar-refractivity contribution in [3.05, 3.63) is 58.7 Å². The normalized spacial score (nSPS) is 13.6. The molecule has 1 heterocycles. The Morgan fingerprint density at radius 1 is 1.15 bits per heavy atom. The smallest absolute Gasteiger partial charge is 0.254 e. The second kappa shape index (κ2) is 8.22. The number of rotatable bonds is 5. The summed E-state index contributed by atoms with van der Waals surface area (Å²) in [5.74, 6) is -0.117. The summed E-state index contributed by atoms with van der Waals surface area (Å²) < 4.78 is 0. The highest BCUT2D eigenvalue weighted by atomic mass is 16.3. The van der Waals surface area contributed by atoms with Crippen LogP contribution >= 0.6 is 0 Å². The third-order valence-corrected chi connectivity index (χ3v) is 4.86. The molecule has 0 saturated carbocycles. The number of likely N-dealkylation sites (tertiary alicyclic amines) is 1. The van der Waals surface area contributed by atoms with Crippen molar-refractivity contribution in [1.82, 2.24) is 4.90 Å². The second-order valence-electron chi connectivity index (χ2n) is 6.92. The van der Waals surface area contributed by atoms with E-state index < -0.39 is 0 Å². The third kappa shape index (κ3) is 4.46. The quantitative estimate of drug-likeness (QED) is 0.757. The molecular weight excluding hydrogens is 342 g/mol. The Labute approximate surface area is 159 Å². The molecule has 3 rings (SSSR count). The average molecular weight is 367 g/mol. The number of nitrogens with two attached hydrogens (primary N) is 1. The van der Waals surface area contributed by atoms with E-state index >= 15 is 0 Å². The monoisotopic (exact) mass is 367 g/mol. The predicted molar refractivity (Wildman–Crippen MR) is 105 cm³/mol. The van der Waals surface area contributed by atoms with Crippen LogP contribution in [0.5, 0.6) is 5.75 Å². The SMILES string of the molecule is Cc1cc(NC(=O)Cc2cc(CN)ccc2O)ccc1C(=O)N1CCCC1. The molecule has 6 nitrogen and oxygen atoms in total. The number of nitrogens with zero attached hydrogens (tertiary/aromatic N) is 1. The van der Waals surface area contributed by atoms with E-state index in [1.54, 1.807) is 36.4 Å². The Morgan fingerprint density at radius 2 is 1.89 bits per heavy atom. The van der Waals surface area contributed by atoms with Gasteiger partial charge in [-0.25, -0.2) is 0 Å². The van der Waals surface area contributed by atoms with E-state index in [-0.39, 0.29) is 24.0 Å². The molecule has 1 aliphatic heterocycles. The Balaban J connectivity index is 1.68. The lowest BCUT2D eigenvalue weighted by molar-refractivity contribution is -0.115. The summed E-state index contributed by atoms with van der Waals surface area (Å²) in [6.07, 6.45) is 2.15. The lowest BCUT2D eigenvalue weighted by Crippen LogP contribution is -2.28. The summed E-state index contributed by atoms with van der Waals surface area (Å²) in [4.78, 5) is 26.8. The van der Waals surface area contributed by atoms with Gasteiger partial charge in [0.25, 0.3) is 5.91 Å². The molecule has 2 aromatic carbocycles. The van der Waals surface area contributed by atoms with Gasteiger partial charge in [-0.15, -0.1) is 0 Å².